The normalized spacial score (nSPS) is 35.8. The highest BCUT2D eigenvalue weighted by Gasteiger charge is 2.34. The summed E-state index contributed by atoms with van der Waals surface area (Å²) in [6.07, 6.45) is 5.42. The van der Waals surface area contributed by atoms with Crippen molar-refractivity contribution < 1.29 is 0 Å². The van der Waals surface area contributed by atoms with Crippen molar-refractivity contribution in [2.24, 2.45) is 23.2 Å². The molecule has 1 N–H and O–H groups in total. The van der Waals surface area contributed by atoms with Gasteiger partial charge in [-0.1, -0.05) is 27.7 Å². The third kappa shape index (κ3) is 2.55. The van der Waals surface area contributed by atoms with Gasteiger partial charge in [0.15, 0.2) is 0 Å². The topological polar surface area (TPSA) is 23.9 Å². The fourth-order valence-corrected chi connectivity index (χ4v) is 2.88. The molecule has 0 aromatic rings. The van der Waals surface area contributed by atoms with E-state index in [1.807, 2.05) is 0 Å². The molecule has 0 unspecified atom stereocenters. The summed E-state index contributed by atoms with van der Waals surface area (Å²) < 4.78 is 0. The van der Waals surface area contributed by atoms with Crippen LogP contribution in [0.25, 0.3) is 0 Å². The van der Waals surface area contributed by atoms with Gasteiger partial charge in [0.1, 0.15) is 0 Å². The maximum absolute atomic E-state index is 7.28. The van der Waals surface area contributed by atoms with Crippen LogP contribution in [0.2, 0.25) is 0 Å². The summed E-state index contributed by atoms with van der Waals surface area (Å²) in [4.78, 5) is 0. The highest BCUT2D eigenvalue weighted by molar-refractivity contribution is 5.56. The van der Waals surface area contributed by atoms with Gasteiger partial charge in [0, 0.05) is 0 Å². The van der Waals surface area contributed by atoms with Gasteiger partial charge in [-0.3, -0.25) is 0 Å². The van der Waals surface area contributed by atoms with Gasteiger partial charge >= 0.3 is 0 Å². The Bertz CT molecular complexity index is 178. The molecule has 0 aromatic heterocycles. The fourth-order valence-electron chi connectivity index (χ4n) is 2.88. The van der Waals surface area contributed by atoms with Crippen LogP contribution in [0.1, 0.15) is 47.0 Å². The van der Waals surface area contributed by atoms with E-state index in [0.29, 0.717) is 11.3 Å². The summed E-state index contributed by atoms with van der Waals surface area (Å²) in [5.74, 6) is 2.21. The number of hydrogen-bond donors (Lipinski definition) is 1. The van der Waals surface area contributed by atoms with Gasteiger partial charge in [0.25, 0.3) is 0 Å². The van der Waals surface area contributed by atoms with Crippen molar-refractivity contribution in [2.75, 3.05) is 0 Å². The zero-order chi connectivity index (χ0) is 10.1. The lowest BCUT2D eigenvalue weighted by Gasteiger charge is -2.41. The molecule has 0 aliphatic heterocycles. The van der Waals surface area contributed by atoms with Gasteiger partial charge < -0.3 is 5.41 Å². The van der Waals surface area contributed by atoms with Crippen LogP contribution in [0.3, 0.4) is 0 Å². The van der Waals surface area contributed by atoms with E-state index < -0.39 is 0 Å². The van der Waals surface area contributed by atoms with Gasteiger partial charge in [-0.15, -0.1) is 0 Å². The van der Waals surface area contributed by atoms with E-state index in [9.17, 15) is 0 Å². The molecule has 1 saturated carbocycles. The third-order valence-electron chi connectivity index (χ3n) is 3.56. The number of hydrogen-bond acceptors (Lipinski definition) is 1. The Morgan fingerprint density at radius 3 is 2.23 bits per heavy atom. The summed E-state index contributed by atoms with van der Waals surface area (Å²) in [5.41, 5.74) is 0.451. The standard InChI is InChI=1S/C12H23N/c1-9-7-10(8-13)5-6-11(9)12(2,3)4/h8-11,13H,5-7H2,1-4H3/t9-,10+,11+/m1/s1. The van der Waals surface area contributed by atoms with Crippen molar-refractivity contribution in [3.8, 4) is 0 Å². The number of rotatable bonds is 1. The molecule has 1 heteroatoms. The van der Waals surface area contributed by atoms with E-state index in [0.717, 1.165) is 11.8 Å². The largest absolute Gasteiger partial charge is 0.313 e. The van der Waals surface area contributed by atoms with Crippen LogP contribution in [0, 0.1) is 28.6 Å². The maximum atomic E-state index is 7.28. The predicted octanol–water partition coefficient (Wildman–Crippen LogP) is 3.73. The summed E-state index contributed by atoms with van der Waals surface area (Å²) in [5, 5.41) is 7.28. The minimum atomic E-state index is 0.451. The monoisotopic (exact) mass is 181 g/mol. The molecule has 0 bridgehead atoms. The van der Waals surface area contributed by atoms with E-state index in [-0.39, 0.29) is 0 Å². The highest BCUT2D eigenvalue weighted by atomic mass is 14.4. The molecule has 1 fully saturated rings. The Morgan fingerprint density at radius 2 is 1.85 bits per heavy atom. The lowest BCUT2D eigenvalue weighted by atomic mass is 9.65. The molecule has 3 atom stereocenters. The second-order valence-corrected chi connectivity index (χ2v) is 5.69. The van der Waals surface area contributed by atoms with E-state index >= 15 is 0 Å². The second kappa shape index (κ2) is 3.81. The van der Waals surface area contributed by atoms with Crippen molar-refractivity contribution in [3.63, 3.8) is 0 Å². The maximum Gasteiger partial charge on any atom is -0.00166 e. The summed E-state index contributed by atoms with van der Waals surface area (Å²) in [6, 6.07) is 0. The Morgan fingerprint density at radius 1 is 1.23 bits per heavy atom. The molecular weight excluding hydrogens is 158 g/mol. The van der Waals surface area contributed by atoms with Crippen molar-refractivity contribution >= 4 is 6.21 Å². The molecule has 76 valence electrons. The van der Waals surface area contributed by atoms with Crippen LogP contribution in [0.15, 0.2) is 0 Å². The minimum Gasteiger partial charge on any atom is -0.313 e. The lowest BCUT2D eigenvalue weighted by Crippen LogP contribution is -2.32. The molecule has 0 aromatic carbocycles. The smallest absolute Gasteiger partial charge is 0.00166 e. The molecule has 0 saturated heterocycles. The van der Waals surface area contributed by atoms with Crippen molar-refractivity contribution in [3.05, 3.63) is 0 Å². The Kier molecular flexibility index (Phi) is 3.15. The van der Waals surface area contributed by atoms with Gasteiger partial charge in [-0.2, -0.15) is 0 Å². The minimum absolute atomic E-state index is 0.451. The van der Waals surface area contributed by atoms with Crippen LogP contribution in [0.4, 0.5) is 0 Å². The Labute approximate surface area is 82.4 Å². The van der Waals surface area contributed by atoms with Gasteiger partial charge in [-0.25, -0.2) is 0 Å². The molecule has 0 radical (unpaired) electrons. The predicted molar refractivity (Wildman–Crippen MR) is 58.2 cm³/mol. The van der Waals surface area contributed by atoms with Crippen LogP contribution in [0.5, 0.6) is 0 Å². The molecule has 0 heterocycles. The molecule has 0 amide bonds. The molecule has 1 rings (SSSR count). The van der Waals surface area contributed by atoms with E-state index in [1.54, 1.807) is 6.21 Å². The van der Waals surface area contributed by atoms with Gasteiger partial charge in [0.2, 0.25) is 0 Å². The highest BCUT2D eigenvalue weighted by Crippen LogP contribution is 2.42. The first-order chi connectivity index (χ1) is 5.95. The quantitative estimate of drug-likeness (QED) is 0.596. The van der Waals surface area contributed by atoms with E-state index in [4.69, 9.17) is 5.41 Å². The Hall–Kier alpha value is -0.330. The molecular formula is C12H23N. The van der Waals surface area contributed by atoms with Crippen LogP contribution >= 0.6 is 0 Å². The fraction of sp³-hybridized carbons (Fsp3) is 0.917. The summed E-state index contributed by atoms with van der Waals surface area (Å²) in [6.45, 7) is 9.39. The summed E-state index contributed by atoms with van der Waals surface area (Å²) >= 11 is 0. The first kappa shape index (κ1) is 10.7. The Balaban J connectivity index is 2.58. The molecule has 0 spiro atoms. The van der Waals surface area contributed by atoms with Crippen LogP contribution in [-0.4, -0.2) is 6.21 Å². The second-order valence-electron chi connectivity index (χ2n) is 5.69. The van der Waals surface area contributed by atoms with E-state index in [2.05, 4.69) is 27.7 Å². The number of nitrogens with one attached hydrogen (secondary N) is 1. The van der Waals surface area contributed by atoms with E-state index in [1.165, 1.54) is 19.3 Å². The first-order valence-electron chi connectivity index (χ1n) is 5.45. The van der Waals surface area contributed by atoms with Crippen LogP contribution in [-0.2, 0) is 0 Å². The molecule has 1 aliphatic carbocycles. The lowest BCUT2D eigenvalue weighted by molar-refractivity contribution is 0.107. The van der Waals surface area contributed by atoms with Crippen molar-refractivity contribution in [1.29, 1.82) is 5.41 Å². The average molecular weight is 181 g/mol. The average Bonchev–Trinajstić information content (AvgIpc) is 2.01. The van der Waals surface area contributed by atoms with Crippen molar-refractivity contribution in [2.45, 2.75) is 47.0 Å². The van der Waals surface area contributed by atoms with Gasteiger partial charge in [0.05, 0.1) is 0 Å². The molecule has 1 nitrogen and oxygen atoms in total. The van der Waals surface area contributed by atoms with Crippen molar-refractivity contribution in [1.82, 2.24) is 0 Å². The van der Waals surface area contributed by atoms with Crippen LogP contribution < -0.4 is 0 Å². The SMILES string of the molecule is C[C@@H]1C[C@@H](C=N)CC[C@@H]1C(C)(C)C. The van der Waals surface area contributed by atoms with Gasteiger partial charge in [-0.05, 0) is 48.6 Å². The zero-order valence-corrected chi connectivity index (χ0v) is 9.43. The molecule has 1 aliphatic rings. The zero-order valence-electron chi connectivity index (χ0n) is 9.43. The third-order valence-corrected chi connectivity index (χ3v) is 3.56. The summed E-state index contributed by atoms with van der Waals surface area (Å²) in [7, 11) is 0. The molecule has 13 heavy (non-hydrogen) atoms. The first-order valence-corrected chi connectivity index (χ1v) is 5.45.